The number of carbonyl (C=O) groups is 1. The fourth-order valence-corrected chi connectivity index (χ4v) is 3.84. The van der Waals surface area contributed by atoms with E-state index in [4.69, 9.17) is 9.47 Å². The van der Waals surface area contributed by atoms with E-state index in [2.05, 4.69) is 9.82 Å². The minimum atomic E-state index is -4.09. The molecule has 150 valence electrons. The van der Waals surface area contributed by atoms with Crippen molar-refractivity contribution in [2.75, 3.05) is 17.9 Å². The molecule has 0 spiro atoms. The van der Waals surface area contributed by atoms with Crippen LogP contribution >= 0.6 is 0 Å². The van der Waals surface area contributed by atoms with E-state index in [0.717, 1.165) is 0 Å². The number of hydrogen-bond acceptors (Lipinski definition) is 6. The van der Waals surface area contributed by atoms with Crippen molar-refractivity contribution in [2.24, 2.45) is 0 Å². The summed E-state index contributed by atoms with van der Waals surface area (Å²) in [5, 5.41) is 13.6. The van der Waals surface area contributed by atoms with Crippen molar-refractivity contribution < 1.29 is 27.8 Å². The van der Waals surface area contributed by atoms with Gasteiger partial charge >= 0.3 is 5.97 Å². The molecule has 29 heavy (non-hydrogen) atoms. The molecule has 0 saturated heterocycles. The topological polar surface area (TPSA) is 120 Å². The number of aromatic carboxylic acids is 1. The molecule has 1 aliphatic heterocycles. The molecule has 0 unspecified atom stereocenters. The quantitative estimate of drug-likeness (QED) is 0.657. The van der Waals surface area contributed by atoms with E-state index in [1.165, 1.54) is 29.2 Å². The number of benzene rings is 2. The maximum Gasteiger partial charge on any atom is 0.337 e. The van der Waals surface area contributed by atoms with Gasteiger partial charge in [0.1, 0.15) is 4.90 Å². The third-order valence-corrected chi connectivity index (χ3v) is 5.57. The Labute approximate surface area is 166 Å². The van der Waals surface area contributed by atoms with Crippen molar-refractivity contribution in [1.82, 2.24) is 9.78 Å². The fraction of sp³-hybridized carbons (Fsp3) is 0.158. The van der Waals surface area contributed by atoms with Gasteiger partial charge in [0, 0.05) is 18.6 Å². The molecule has 0 radical (unpaired) electrons. The Kier molecular flexibility index (Phi) is 4.85. The lowest BCUT2D eigenvalue weighted by molar-refractivity contribution is 0.0697. The molecule has 0 atom stereocenters. The second kappa shape index (κ2) is 7.47. The number of para-hydroxylation sites is 1. The fourth-order valence-electron chi connectivity index (χ4n) is 2.84. The predicted molar refractivity (Wildman–Crippen MR) is 103 cm³/mol. The molecule has 0 bridgehead atoms. The van der Waals surface area contributed by atoms with Gasteiger partial charge in [0.15, 0.2) is 11.5 Å². The molecule has 1 aromatic heterocycles. The molecule has 10 heteroatoms. The van der Waals surface area contributed by atoms with E-state index in [1.54, 1.807) is 24.3 Å². The molecule has 2 N–H and O–H groups in total. The highest BCUT2D eigenvalue weighted by atomic mass is 32.2. The highest BCUT2D eigenvalue weighted by molar-refractivity contribution is 7.92. The van der Waals surface area contributed by atoms with Crippen molar-refractivity contribution in [3.05, 3.63) is 60.4 Å². The Hall–Kier alpha value is -3.53. The summed E-state index contributed by atoms with van der Waals surface area (Å²) < 4.78 is 40.4. The van der Waals surface area contributed by atoms with Crippen LogP contribution in [0.2, 0.25) is 0 Å². The van der Waals surface area contributed by atoms with Crippen LogP contribution in [-0.4, -0.2) is 42.5 Å². The first-order chi connectivity index (χ1) is 13.9. The highest BCUT2D eigenvalue weighted by Gasteiger charge is 2.24. The number of fused-ring (bicyclic) bond motifs is 1. The average molecular weight is 415 g/mol. The molecule has 0 saturated carbocycles. The van der Waals surface area contributed by atoms with Crippen LogP contribution in [0.25, 0.3) is 5.69 Å². The molecule has 2 aromatic carbocycles. The number of sulfonamides is 1. The maximum absolute atomic E-state index is 12.8. The van der Waals surface area contributed by atoms with Crippen LogP contribution in [0.3, 0.4) is 0 Å². The minimum absolute atomic E-state index is 0.107. The zero-order chi connectivity index (χ0) is 20.4. The van der Waals surface area contributed by atoms with Crippen molar-refractivity contribution in [2.45, 2.75) is 11.3 Å². The minimum Gasteiger partial charge on any atom is -0.490 e. The molecule has 0 amide bonds. The standard InChI is InChI=1S/C19H17N3O6S/c23-19(24)15-9-17-18(28-8-4-7-27-17)10-16(15)21-29(25,26)14-11-20-22(12-14)13-5-2-1-3-6-13/h1-3,5-6,9-12,21H,4,7-8H2,(H,23,24). The number of carboxylic acids is 1. The molecular weight excluding hydrogens is 398 g/mol. The smallest absolute Gasteiger partial charge is 0.337 e. The Balaban J connectivity index is 1.68. The van der Waals surface area contributed by atoms with Crippen LogP contribution in [0.4, 0.5) is 5.69 Å². The summed E-state index contributed by atoms with van der Waals surface area (Å²) in [4.78, 5) is 11.6. The van der Waals surface area contributed by atoms with Gasteiger partial charge in [-0.2, -0.15) is 5.10 Å². The Morgan fingerprint density at radius 2 is 1.79 bits per heavy atom. The van der Waals surface area contributed by atoms with Crippen LogP contribution in [0, 0.1) is 0 Å². The summed E-state index contributed by atoms with van der Waals surface area (Å²) in [5.41, 5.74) is 0.332. The Morgan fingerprint density at radius 1 is 1.10 bits per heavy atom. The van der Waals surface area contributed by atoms with Crippen LogP contribution in [0.15, 0.2) is 59.8 Å². The summed E-state index contributed by atoms with van der Waals surface area (Å²) in [6, 6.07) is 11.6. The molecule has 0 aliphatic carbocycles. The summed E-state index contributed by atoms with van der Waals surface area (Å²) in [6.45, 7) is 0.769. The summed E-state index contributed by atoms with van der Waals surface area (Å²) in [6.07, 6.45) is 3.18. The second-order valence-corrected chi connectivity index (χ2v) is 7.94. The number of nitrogens with one attached hydrogen (secondary N) is 1. The summed E-state index contributed by atoms with van der Waals surface area (Å²) >= 11 is 0. The Bertz CT molecular complexity index is 1160. The van der Waals surface area contributed by atoms with Gasteiger partial charge < -0.3 is 14.6 Å². The third-order valence-electron chi connectivity index (χ3n) is 4.25. The van der Waals surface area contributed by atoms with E-state index < -0.39 is 16.0 Å². The molecule has 4 rings (SSSR count). The van der Waals surface area contributed by atoms with E-state index in [9.17, 15) is 18.3 Å². The normalized spacial score (nSPS) is 13.5. The van der Waals surface area contributed by atoms with Gasteiger partial charge in [-0.3, -0.25) is 4.72 Å². The molecule has 2 heterocycles. The van der Waals surface area contributed by atoms with E-state index >= 15 is 0 Å². The second-order valence-electron chi connectivity index (χ2n) is 6.26. The number of ether oxygens (including phenoxy) is 2. The predicted octanol–water partition coefficient (Wildman–Crippen LogP) is 2.53. The number of aromatic nitrogens is 2. The van der Waals surface area contributed by atoms with Crippen molar-refractivity contribution in [3.63, 3.8) is 0 Å². The summed E-state index contributed by atoms with van der Waals surface area (Å²) in [5.74, 6) is -0.747. The Morgan fingerprint density at radius 3 is 2.48 bits per heavy atom. The van der Waals surface area contributed by atoms with Crippen molar-refractivity contribution in [3.8, 4) is 17.2 Å². The molecular formula is C19H17N3O6S. The van der Waals surface area contributed by atoms with Crippen LogP contribution in [-0.2, 0) is 10.0 Å². The first kappa shape index (κ1) is 18.8. The van der Waals surface area contributed by atoms with E-state index in [-0.39, 0.29) is 27.6 Å². The van der Waals surface area contributed by atoms with Gasteiger partial charge in [-0.15, -0.1) is 0 Å². The van der Waals surface area contributed by atoms with E-state index in [1.807, 2.05) is 6.07 Å². The molecule has 3 aromatic rings. The van der Waals surface area contributed by atoms with Crippen molar-refractivity contribution in [1.29, 1.82) is 0 Å². The molecule has 0 fully saturated rings. The van der Waals surface area contributed by atoms with Crippen molar-refractivity contribution >= 4 is 21.7 Å². The van der Waals surface area contributed by atoms with Gasteiger partial charge in [0.05, 0.1) is 42.5 Å². The zero-order valence-electron chi connectivity index (χ0n) is 15.1. The number of nitrogens with zero attached hydrogens (tertiary/aromatic N) is 2. The van der Waals surface area contributed by atoms with Gasteiger partial charge in [-0.05, 0) is 12.1 Å². The van der Waals surface area contributed by atoms with Crippen LogP contribution in [0.1, 0.15) is 16.8 Å². The number of anilines is 1. The SMILES string of the molecule is O=C(O)c1cc2c(cc1NS(=O)(=O)c1cnn(-c3ccccc3)c1)OCCCO2. The summed E-state index contributed by atoms with van der Waals surface area (Å²) in [7, 11) is -4.09. The lowest BCUT2D eigenvalue weighted by atomic mass is 10.1. The molecule has 9 nitrogen and oxygen atoms in total. The molecule has 1 aliphatic rings. The van der Waals surface area contributed by atoms with Gasteiger partial charge in [0.25, 0.3) is 10.0 Å². The lowest BCUT2D eigenvalue weighted by Crippen LogP contribution is -2.15. The maximum atomic E-state index is 12.8. The first-order valence-corrected chi connectivity index (χ1v) is 10.2. The van der Waals surface area contributed by atoms with Crippen LogP contribution in [0.5, 0.6) is 11.5 Å². The van der Waals surface area contributed by atoms with Gasteiger partial charge in [-0.1, -0.05) is 18.2 Å². The number of carboxylic acid groups (broad SMARTS) is 1. The van der Waals surface area contributed by atoms with Crippen LogP contribution < -0.4 is 14.2 Å². The number of rotatable bonds is 5. The zero-order valence-corrected chi connectivity index (χ0v) is 15.9. The highest BCUT2D eigenvalue weighted by Crippen LogP contribution is 2.36. The number of hydrogen-bond donors (Lipinski definition) is 2. The lowest BCUT2D eigenvalue weighted by Gasteiger charge is -2.14. The third kappa shape index (κ3) is 3.87. The van der Waals surface area contributed by atoms with E-state index in [0.29, 0.717) is 25.3 Å². The van der Waals surface area contributed by atoms with Gasteiger partial charge in [0.2, 0.25) is 0 Å². The first-order valence-electron chi connectivity index (χ1n) is 8.74. The van der Waals surface area contributed by atoms with Gasteiger partial charge in [-0.25, -0.2) is 17.9 Å². The average Bonchev–Trinajstić information content (AvgIpc) is 3.10. The monoisotopic (exact) mass is 415 g/mol. The largest absolute Gasteiger partial charge is 0.490 e.